The number of nitrogens with zero attached hydrogens (tertiary/aromatic N) is 1. The maximum absolute atomic E-state index is 6.07. The fourth-order valence-corrected chi connectivity index (χ4v) is 4.28. The lowest BCUT2D eigenvalue weighted by Crippen LogP contribution is -2.28. The average molecular weight is 282 g/mol. The molecule has 3 rings (SSSR count). The summed E-state index contributed by atoms with van der Waals surface area (Å²) in [6.45, 7) is 4.16. The number of thiazole rings is 1. The van der Waals surface area contributed by atoms with E-state index in [1.165, 1.54) is 12.8 Å². The van der Waals surface area contributed by atoms with Crippen LogP contribution in [0.25, 0.3) is 0 Å². The Hall–Kier alpha value is -0.490. The number of aromatic nitrogens is 1. The summed E-state index contributed by atoms with van der Waals surface area (Å²) in [5.41, 5.74) is 7.04. The smallest absolute Gasteiger partial charge is 0.125 e. The molecule has 0 bridgehead atoms. The van der Waals surface area contributed by atoms with Crippen molar-refractivity contribution in [1.29, 1.82) is 0 Å². The average Bonchev–Trinajstić information content (AvgIpc) is 3.08. The van der Waals surface area contributed by atoms with E-state index in [0.717, 1.165) is 30.2 Å². The lowest BCUT2D eigenvalue weighted by Gasteiger charge is -2.26. The van der Waals surface area contributed by atoms with Crippen LogP contribution in [-0.4, -0.2) is 30.8 Å². The molecule has 2 heterocycles. The van der Waals surface area contributed by atoms with E-state index in [1.54, 1.807) is 11.3 Å². The first kappa shape index (κ1) is 13.5. The molecular formula is C14H22N2O2S. The van der Waals surface area contributed by atoms with Crippen LogP contribution in [0, 0.1) is 0 Å². The van der Waals surface area contributed by atoms with Crippen LogP contribution in [0.5, 0.6) is 0 Å². The molecule has 0 radical (unpaired) electrons. The van der Waals surface area contributed by atoms with Gasteiger partial charge in [-0.15, -0.1) is 11.3 Å². The molecule has 106 valence electrons. The van der Waals surface area contributed by atoms with Crippen LogP contribution in [-0.2, 0) is 15.1 Å². The van der Waals surface area contributed by atoms with Gasteiger partial charge in [-0.3, -0.25) is 0 Å². The van der Waals surface area contributed by atoms with Crippen molar-refractivity contribution in [2.24, 2.45) is 5.73 Å². The Morgan fingerprint density at radius 3 is 2.89 bits per heavy atom. The normalized spacial score (nSPS) is 30.0. The van der Waals surface area contributed by atoms with Crippen molar-refractivity contribution in [3.63, 3.8) is 0 Å². The third-order valence-corrected chi connectivity index (χ3v) is 5.29. The summed E-state index contributed by atoms with van der Waals surface area (Å²) in [6.07, 6.45) is 4.67. The van der Waals surface area contributed by atoms with Crippen LogP contribution >= 0.6 is 11.3 Å². The molecule has 1 aliphatic heterocycles. The minimum absolute atomic E-state index is 0.0848. The highest BCUT2D eigenvalue weighted by Gasteiger charge is 2.40. The number of rotatable bonds is 4. The lowest BCUT2D eigenvalue weighted by molar-refractivity contribution is -0.0392. The van der Waals surface area contributed by atoms with Crippen molar-refractivity contribution in [3.8, 4) is 0 Å². The summed E-state index contributed by atoms with van der Waals surface area (Å²) in [6, 6.07) is 0.0848. The largest absolute Gasteiger partial charge is 0.379 e. The fourth-order valence-electron chi connectivity index (χ4n) is 3.18. The second-order valence-corrected chi connectivity index (χ2v) is 6.38. The van der Waals surface area contributed by atoms with Crippen LogP contribution in [0.2, 0.25) is 0 Å². The topological polar surface area (TPSA) is 57.4 Å². The minimum Gasteiger partial charge on any atom is -0.379 e. The molecule has 2 aliphatic rings. The SMILES string of the molecule is CCOC1(c2nc(C3COCC3N)cs2)CCCC1. The summed E-state index contributed by atoms with van der Waals surface area (Å²) in [5, 5.41) is 3.29. The molecule has 5 heteroatoms. The molecule has 0 aromatic carbocycles. The summed E-state index contributed by atoms with van der Waals surface area (Å²) in [4.78, 5) is 4.85. The van der Waals surface area contributed by atoms with Crippen molar-refractivity contribution in [3.05, 3.63) is 16.1 Å². The zero-order chi connectivity index (χ0) is 13.3. The quantitative estimate of drug-likeness (QED) is 0.921. The molecule has 2 unspecified atom stereocenters. The van der Waals surface area contributed by atoms with Crippen LogP contribution in [0.4, 0.5) is 0 Å². The van der Waals surface area contributed by atoms with Gasteiger partial charge in [0, 0.05) is 23.9 Å². The first-order valence-electron chi connectivity index (χ1n) is 7.18. The van der Waals surface area contributed by atoms with Gasteiger partial charge in [-0.2, -0.15) is 0 Å². The Morgan fingerprint density at radius 2 is 2.26 bits per heavy atom. The van der Waals surface area contributed by atoms with Crippen LogP contribution in [0.15, 0.2) is 5.38 Å². The Labute approximate surface area is 118 Å². The van der Waals surface area contributed by atoms with Crippen LogP contribution < -0.4 is 5.73 Å². The van der Waals surface area contributed by atoms with Gasteiger partial charge in [0.25, 0.3) is 0 Å². The molecule has 19 heavy (non-hydrogen) atoms. The molecule has 2 atom stereocenters. The van der Waals surface area contributed by atoms with Gasteiger partial charge in [0.2, 0.25) is 0 Å². The maximum Gasteiger partial charge on any atom is 0.125 e. The number of ether oxygens (including phenoxy) is 2. The van der Waals surface area contributed by atoms with Gasteiger partial charge >= 0.3 is 0 Å². The summed E-state index contributed by atoms with van der Waals surface area (Å²) < 4.78 is 11.5. The van der Waals surface area contributed by atoms with Crippen molar-refractivity contribution < 1.29 is 9.47 Å². The Balaban J connectivity index is 1.83. The van der Waals surface area contributed by atoms with Gasteiger partial charge < -0.3 is 15.2 Å². The zero-order valence-corrected chi connectivity index (χ0v) is 12.2. The van der Waals surface area contributed by atoms with Crippen molar-refractivity contribution in [2.45, 2.75) is 50.2 Å². The predicted octanol–water partition coefficient (Wildman–Crippen LogP) is 2.39. The Kier molecular flexibility index (Phi) is 3.89. The highest BCUT2D eigenvalue weighted by Crippen LogP contribution is 2.44. The first-order valence-corrected chi connectivity index (χ1v) is 8.06. The first-order chi connectivity index (χ1) is 9.25. The van der Waals surface area contributed by atoms with Crippen molar-refractivity contribution >= 4 is 11.3 Å². The highest BCUT2D eigenvalue weighted by atomic mass is 32.1. The van der Waals surface area contributed by atoms with Gasteiger partial charge in [0.05, 0.1) is 18.9 Å². The van der Waals surface area contributed by atoms with E-state index in [1.807, 2.05) is 0 Å². The van der Waals surface area contributed by atoms with E-state index in [-0.39, 0.29) is 17.6 Å². The lowest BCUT2D eigenvalue weighted by atomic mass is 10.0. The predicted molar refractivity (Wildman–Crippen MR) is 75.4 cm³/mol. The van der Waals surface area contributed by atoms with E-state index < -0.39 is 0 Å². The van der Waals surface area contributed by atoms with Gasteiger partial charge in [0.15, 0.2) is 0 Å². The van der Waals surface area contributed by atoms with Gasteiger partial charge in [-0.25, -0.2) is 4.98 Å². The molecular weight excluding hydrogens is 260 g/mol. The maximum atomic E-state index is 6.07. The summed E-state index contributed by atoms with van der Waals surface area (Å²) in [7, 11) is 0. The van der Waals surface area contributed by atoms with E-state index in [2.05, 4.69) is 12.3 Å². The molecule has 0 amide bonds. The highest BCUT2D eigenvalue weighted by molar-refractivity contribution is 7.09. The van der Waals surface area contributed by atoms with E-state index in [0.29, 0.717) is 13.2 Å². The number of hydrogen-bond donors (Lipinski definition) is 1. The second kappa shape index (κ2) is 5.48. The van der Waals surface area contributed by atoms with E-state index in [9.17, 15) is 0 Å². The second-order valence-electron chi connectivity index (χ2n) is 5.52. The molecule has 2 N–H and O–H groups in total. The minimum atomic E-state index is -0.124. The Morgan fingerprint density at radius 1 is 1.47 bits per heavy atom. The molecule has 1 aliphatic carbocycles. The molecule has 2 fully saturated rings. The third-order valence-electron chi connectivity index (χ3n) is 4.25. The number of hydrogen-bond acceptors (Lipinski definition) is 5. The van der Waals surface area contributed by atoms with Gasteiger partial charge in [0.1, 0.15) is 10.6 Å². The number of nitrogens with two attached hydrogens (primary N) is 1. The summed E-state index contributed by atoms with van der Waals surface area (Å²) in [5.74, 6) is 0.255. The molecule has 1 saturated heterocycles. The molecule has 1 aromatic heterocycles. The van der Waals surface area contributed by atoms with Crippen molar-refractivity contribution in [1.82, 2.24) is 4.98 Å². The monoisotopic (exact) mass is 282 g/mol. The third kappa shape index (κ3) is 2.44. The van der Waals surface area contributed by atoms with Crippen molar-refractivity contribution in [2.75, 3.05) is 19.8 Å². The van der Waals surface area contributed by atoms with E-state index >= 15 is 0 Å². The molecule has 1 saturated carbocycles. The standard InChI is InChI=1S/C14H22N2O2S/c1-2-18-14(5-3-4-6-14)13-16-12(9-19-13)10-7-17-8-11(10)15/h9-11H,2-8,15H2,1H3. The molecule has 0 spiro atoms. The fraction of sp³-hybridized carbons (Fsp3) is 0.786. The van der Waals surface area contributed by atoms with Gasteiger partial charge in [-0.05, 0) is 19.8 Å². The van der Waals surface area contributed by atoms with Crippen LogP contribution in [0.1, 0.15) is 49.2 Å². The molecule has 4 nitrogen and oxygen atoms in total. The zero-order valence-electron chi connectivity index (χ0n) is 11.4. The van der Waals surface area contributed by atoms with Crippen LogP contribution in [0.3, 0.4) is 0 Å². The summed E-state index contributed by atoms with van der Waals surface area (Å²) >= 11 is 1.73. The van der Waals surface area contributed by atoms with Gasteiger partial charge in [-0.1, -0.05) is 12.8 Å². The molecule has 1 aromatic rings. The van der Waals surface area contributed by atoms with E-state index in [4.69, 9.17) is 20.2 Å². The Bertz CT molecular complexity index is 429.